The number of nitrogens with zero attached hydrogens (tertiary/aromatic N) is 2. The highest BCUT2D eigenvalue weighted by atomic mass is 35.5. The highest BCUT2D eigenvalue weighted by Crippen LogP contribution is 2.33. The lowest BCUT2D eigenvalue weighted by atomic mass is 10.1. The van der Waals surface area contributed by atoms with Crippen molar-refractivity contribution in [3.8, 4) is 5.75 Å². The van der Waals surface area contributed by atoms with Crippen LogP contribution in [0.1, 0.15) is 37.3 Å². The van der Waals surface area contributed by atoms with E-state index in [1.54, 1.807) is 10.9 Å². The van der Waals surface area contributed by atoms with E-state index in [1.165, 1.54) is 25.3 Å². The second kappa shape index (κ2) is 5.81. The minimum Gasteiger partial charge on any atom is -0.493 e. The van der Waals surface area contributed by atoms with E-state index in [2.05, 4.69) is 5.10 Å². The zero-order valence-corrected chi connectivity index (χ0v) is 12.2. The zero-order chi connectivity index (χ0) is 14.9. The van der Waals surface area contributed by atoms with E-state index < -0.39 is 11.9 Å². The monoisotopic (exact) mass is 298 g/mol. The van der Waals surface area contributed by atoms with Crippen LogP contribution in [0.3, 0.4) is 0 Å². The van der Waals surface area contributed by atoms with Gasteiger partial charge in [-0.25, -0.2) is 4.39 Å². The maximum Gasteiger partial charge on any atom is 0.163 e. The van der Waals surface area contributed by atoms with Crippen LogP contribution >= 0.6 is 11.6 Å². The number of hydrogen-bond acceptors (Lipinski definition) is 3. The summed E-state index contributed by atoms with van der Waals surface area (Å²) in [6.07, 6.45) is 0.553. The molecule has 20 heavy (non-hydrogen) atoms. The van der Waals surface area contributed by atoms with E-state index in [0.717, 1.165) is 0 Å². The number of hydrogen-bond donors (Lipinski definition) is 1. The maximum atomic E-state index is 13.2. The molecule has 0 aliphatic heterocycles. The molecule has 1 heterocycles. The molecule has 1 N–H and O–H groups in total. The first kappa shape index (κ1) is 14.8. The molecular weight excluding hydrogens is 283 g/mol. The number of aliphatic hydroxyl groups excluding tert-OH is 1. The molecule has 0 radical (unpaired) electrons. The smallest absolute Gasteiger partial charge is 0.163 e. The normalized spacial score (nSPS) is 12.8. The molecule has 0 fully saturated rings. The Morgan fingerprint density at radius 1 is 1.40 bits per heavy atom. The predicted octanol–water partition coefficient (Wildman–Crippen LogP) is 3.35. The molecule has 108 valence electrons. The van der Waals surface area contributed by atoms with E-state index in [4.69, 9.17) is 16.3 Å². The number of halogens is 2. The fraction of sp³-hybridized carbons (Fsp3) is 0.357. The van der Waals surface area contributed by atoms with Crippen LogP contribution in [-0.2, 0) is 0 Å². The lowest BCUT2D eigenvalue weighted by Crippen LogP contribution is -2.13. The largest absolute Gasteiger partial charge is 0.493 e. The van der Waals surface area contributed by atoms with Gasteiger partial charge in [0.2, 0.25) is 0 Å². The lowest BCUT2D eigenvalue weighted by Gasteiger charge is -2.17. The van der Waals surface area contributed by atoms with Crippen LogP contribution in [0, 0.1) is 5.82 Å². The lowest BCUT2D eigenvalue weighted by molar-refractivity contribution is 0.199. The molecular formula is C14H16ClFN2O2. The van der Waals surface area contributed by atoms with Gasteiger partial charge in [-0.1, -0.05) is 17.7 Å². The number of aromatic nitrogens is 2. The van der Waals surface area contributed by atoms with E-state index >= 15 is 0 Å². The van der Waals surface area contributed by atoms with Gasteiger partial charge in [0.05, 0.1) is 18.3 Å². The van der Waals surface area contributed by atoms with Crippen molar-refractivity contribution in [2.75, 3.05) is 7.11 Å². The Hall–Kier alpha value is -1.59. The second-order valence-corrected chi connectivity index (χ2v) is 5.12. The highest BCUT2D eigenvalue weighted by molar-refractivity contribution is 6.30. The molecule has 0 saturated carbocycles. The molecule has 2 aromatic rings. The first-order valence-electron chi connectivity index (χ1n) is 6.20. The molecule has 4 nitrogen and oxygen atoms in total. The summed E-state index contributed by atoms with van der Waals surface area (Å²) in [7, 11) is 1.51. The minimum absolute atomic E-state index is 0.0314. The molecule has 0 spiro atoms. The van der Waals surface area contributed by atoms with Crippen molar-refractivity contribution in [2.45, 2.75) is 26.0 Å². The number of benzene rings is 1. The molecule has 0 bridgehead atoms. The van der Waals surface area contributed by atoms with Crippen LogP contribution in [0.4, 0.5) is 4.39 Å². The van der Waals surface area contributed by atoms with Gasteiger partial charge in [-0.2, -0.15) is 5.10 Å². The van der Waals surface area contributed by atoms with Crippen LogP contribution in [0.5, 0.6) is 5.75 Å². The van der Waals surface area contributed by atoms with Gasteiger partial charge in [-0.3, -0.25) is 4.68 Å². The zero-order valence-electron chi connectivity index (χ0n) is 11.5. The number of rotatable bonds is 4. The summed E-state index contributed by atoms with van der Waals surface area (Å²) < 4.78 is 20.1. The Morgan fingerprint density at radius 3 is 2.65 bits per heavy atom. The fourth-order valence-corrected chi connectivity index (χ4v) is 2.21. The summed E-state index contributed by atoms with van der Waals surface area (Å²) in [6.45, 7) is 3.89. The minimum atomic E-state index is -0.993. The van der Waals surface area contributed by atoms with Crippen molar-refractivity contribution in [1.82, 2.24) is 9.78 Å². The number of methoxy groups -OCH3 is 1. The van der Waals surface area contributed by atoms with Crippen LogP contribution < -0.4 is 4.74 Å². The SMILES string of the molecule is COc1cnn(C(C)C)c1C(O)c1ccc(F)c(Cl)c1. The van der Waals surface area contributed by atoms with Gasteiger partial charge in [0.15, 0.2) is 5.75 Å². The first-order chi connectivity index (χ1) is 9.45. The third-order valence-corrected chi connectivity index (χ3v) is 3.32. The summed E-state index contributed by atoms with van der Waals surface area (Å²) in [5.74, 6) is -0.0430. The summed E-state index contributed by atoms with van der Waals surface area (Å²) in [4.78, 5) is 0. The van der Waals surface area contributed by atoms with Crippen molar-refractivity contribution in [3.05, 3.63) is 46.5 Å². The summed E-state index contributed by atoms with van der Waals surface area (Å²) >= 11 is 5.76. The van der Waals surface area contributed by atoms with E-state index in [1.807, 2.05) is 13.8 Å². The summed E-state index contributed by atoms with van der Waals surface area (Å²) in [5.41, 5.74) is 1.00. The summed E-state index contributed by atoms with van der Waals surface area (Å²) in [5, 5.41) is 14.7. The highest BCUT2D eigenvalue weighted by Gasteiger charge is 2.23. The molecule has 1 unspecified atom stereocenters. The van der Waals surface area contributed by atoms with Crippen molar-refractivity contribution in [1.29, 1.82) is 0 Å². The van der Waals surface area contributed by atoms with Gasteiger partial charge in [0.25, 0.3) is 0 Å². The molecule has 0 aliphatic carbocycles. The van der Waals surface area contributed by atoms with Gasteiger partial charge >= 0.3 is 0 Å². The number of ether oxygens (including phenoxy) is 1. The van der Waals surface area contributed by atoms with Gasteiger partial charge in [-0.15, -0.1) is 0 Å². The number of aliphatic hydroxyl groups is 1. The average molecular weight is 299 g/mol. The Kier molecular flexibility index (Phi) is 4.30. The van der Waals surface area contributed by atoms with Gasteiger partial charge < -0.3 is 9.84 Å². The van der Waals surface area contributed by atoms with Gasteiger partial charge in [0.1, 0.15) is 17.6 Å². The molecule has 2 rings (SSSR count). The van der Waals surface area contributed by atoms with Crippen molar-refractivity contribution < 1.29 is 14.2 Å². The average Bonchev–Trinajstić information content (AvgIpc) is 2.85. The molecule has 1 aromatic carbocycles. The Morgan fingerprint density at radius 2 is 2.10 bits per heavy atom. The molecule has 1 aromatic heterocycles. The van der Waals surface area contributed by atoms with Crippen LogP contribution in [-0.4, -0.2) is 22.0 Å². The second-order valence-electron chi connectivity index (χ2n) is 4.71. The van der Waals surface area contributed by atoms with Crippen molar-refractivity contribution in [2.24, 2.45) is 0 Å². The Labute approximate surface area is 121 Å². The Bertz CT molecular complexity index is 613. The van der Waals surface area contributed by atoms with E-state index in [0.29, 0.717) is 17.0 Å². The van der Waals surface area contributed by atoms with Crippen molar-refractivity contribution >= 4 is 11.6 Å². The molecule has 1 atom stereocenters. The quantitative estimate of drug-likeness (QED) is 0.941. The van der Waals surface area contributed by atoms with Gasteiger partial charge in [-0.05, 0) is 31.5 Å². The molecule has 0 amide bonds. The van der Waals surface area contributed by atoms with Gasteiger partial charge in [0, 0.05) is 6.04 Å². The van der Waals surface area contributed by atoms with Crippen LogP contribution in [0.2, 0.25) is 5.02 Å². The molecule has 6 heteroatoms. The maximum absolute atomic E-state index is 13.2. The Balaban J connectivity index is 2.49. The topological polar surface area (TPSA) is 47.3 Å². The third-order valence-electron chi connectivity index (χ3n) is 3.03. The fourth-order valence-electron chi connectivity index (χ4n) is 2.03. The standard InChI is InChI=1S/C14H16ClFN2O2/c1-8(2)18-13(12(20-3)7-17-18)14(19)9-4-5-11(16)10(15)6-9/h4-8,14,19H,1-3H3. The van der Waals surface area contributed by atoms with Crippen LogP contribution in [0.25, 0.3) is 0 Å². The summed E-state index contributed by atoms with van der Waals surface area (Å²) in [6, 6.07) is 4.17. The third kappa shape index (κ3) is 2.64. The molecule has 0 saturated heterocycles. The predicted molar refractivity (Wildman–Crippen MR) is 74.6 cm³/mol. The first-order valence-corrected chi connectivity index (χ1v) is 6.58. The van der Waals surface area contributed by atoms with Crippen LogP contribution in [0.15, 0.2) is 24.4 Å². The molecule has 0 aliphatic rings. The van der Waals surface area contributed by atoms with E-state index in [9.17, 15) is 9.50 Å². The van der Waals surface area contributed by atoms with Crippen molar-refractivity contribution in [3.63, 3.8) is 0 Å². The van der Waals surface area contributed by atoms with E-state index in [-0.39, 0.29) is 11.1 Å².